The van der Waals surface area contributed by atoms with Crippen LogP contribution < -0.4 is 5.73 Å². The number of carbonyl (C=O) groups is 1. The van der Waals surface area contributed by atoms with Crippen molar-refractivity contribution in [1.29, 1.82) is 0 Å². The molecule has 1 heterocycles. The maximum Gasteiger partial charge on any atom is 0.225 e. The van der Waals surface area contributed by atoms with Crippen molar-refractivity contribution < 1.29 is 9.53 Å². The SMILES string of the molecule is NCCC1CN(C(=O)C2CCCCC2)CCO1. The Hall–Kier alpha value is -0.610. The van der Waals surface area contributed by atoms with Gasteiger partial charge < -0.3 is 15.4 Å². The minimum atomic E-state index is 0.154. The molecule has 1 aliphatic carbocycles. The van der Waals surface area contributed by atoms with E-state index in [2.05, 4.69) is 0 Å². The molecule has 0 radical (unpaired) electrons. The van der Waals surface area contributed by atoms with Crippen molar-refractivity contribution in [1.82, 2.24) is 4.90 Å². The monoisotopic (exact) mass is 240 g/mol. The number of rotatable bonds is 3. The summed E-state index contributed by atoms with van der Waals surface area (Å²) >= 11 is 0. The third-order valence-electron chi connectivity index (χ3n) is 3.89. The Balaban J connectivity index is 1.85. The fourth-order valence-corrected chi connectivity index (χ4v) is 2.89. The summed E-state index contributed by atoms with van der Waals surface area (Å²) in [6.45, 7) is 2.81. The lowest BCUT2D eigenvalue weighted by atomic mass is 9.88. The number of amides is 1. The molecule has 0 bridgehead atoms. The van der Waals surface area contributed by atoms with Gasteiger partial charge in [-0.3, -0.25) is 4.79 Å². The van der Waals surface area contributed by atoms with Crippen LogP contribution in [0.25, 0.3) is 0 Å². The van der Waals surface area contributed by atoms with Crippen LogP contribution in [0.5, 0.6) is 0 Å². The Morgan fingerprint density at radius 3 is 2.76 bits per heavy atom. The van der Waals surface area contributed by atoms with Gasteiger partial charge in [0.1, 0.15) is 0 Å². The molecule has 4 nitrogen and oxygen atoms in total. The van der Waals surface area contributed by atoms with Gasteiger partial charge in [0.25, 0.3) is 0 Å². The summed E-state index contributed by atoms with van der Waals surface area (Å²) < 4.78 is 5.61. The van der Waals surface area contributed by atoms with Gasteiger partial charge in [-0.05, 0) is 25.8 Å². The standard InChI is InChI=1S/C13H24N2O2/c14-7-6-12-10-15(8-9-17-12)13(16)11-4-2-1-3-5-11/h11-12H,1-10,14H2. The van der Waals surface area contributed by atoms with Crippen molar-refractivity contribution in [3.05, 3.63) is 0 Å². The molecular weight excluding hydrogens is 216 g/mol. The van der Waals surface area contributed by atoms with Gasteiger partial charge in [-0.15, -0.1) is 0 Å². The molecule has 1 unspecified atom stereocenters. The highest BCUT2D eigenvalue weighted by molar-refractivity contribution is 5.79. The topological polar surface area (TPSA) is 55.6 Å². The number of hydrogen-bond donors (Lipinski definition) is 1. The largest absolute Gasteiger partial charge is 0.374 e. The van der Waals surface area contributed by atoms with Gasteiger partial charge in [0.15, 0.2) is 0 Å². The van der Waals surface area contributed by atoms with Crippen LogP contribution in [0.4, 0.5) is 0 Å². The highest BCUT2D eigenvalue weighted by Gasteiger charge is 2.29. The van der Waals surface area contributed by atoms with Crippen molar-refractivity contribution in [3.63, 3.8) is 0 Å². The van der Waals surface area contributed by atoms with Gasteiger partial charge in [0.05, 0.1) is 12.7 Å². The molecule has 1 aliphatic heterocycles. The van der Waals surface area contributed by atoms with Gasteiger partial charge in [0.2, 0.25) is 5.91 Å². The first-order chi connectivity index (χ1) is 8.31. The molecule has 2 rings (SSSR count). The van der Waals surface area contributed by atoms with E-state index in [1.807, 2.05) is 4.90 Å². The molecule has 2 fully saturated rings. The predicted octanol–water partition coefficient (Wildman–Crippen LogP) is 1.14. The number of nitrogens with zero attached hydrogens (tertiary/aromatic N) is 1. The minimum Gasteiger partial charge on any atom is -0.374 e. The molecule has 1 atom stereocenters. The van der Waals surface area contributed by atoms with Crippen LogP contribution in [-0.4, -0.2) is 43.2 Å². The van der Waals surface area contributed by atoms with E-state index in [1.54, 1.807) is 0 Å². The van der Waals surface area contributed by atoms with E-state index in [1.165, 1.54) is 19.3 Å². The summed E-state index contributed by atoms with van der Waals surface area (Å²) in [5.41, 5.74) is 5.54. The summed E-state index contributed by atoms with van der Waals surface area (Å²) in [5, 5.41) is 0. The van der Waals surface area contributed by atoms with Crippen molar-refractivity contribution in [2.45, 2.75) is 44.6 Å². The first kappa shape index (κ1) is 12.8. The molecule has 1 saturated carbocycles. The molecule has 1 saturated heterocycles. The molecular formula is C13H24N2O2. The second-order valence-corrected chi connectivity index (χ2v) is 5.19. The summed E-state index contributed by atoms with van der Waals surface area (Å²) in [6.07, 6.45) is 6.90. The van der Waals surface area contributed by atoms with Crippen molar-refractivity contribution in [2.24, 2.45) is 11.7 Å². The Morgan fingerprint density at radius 2 is 2.06 bits per heavy atom. The zero-order chi connectivity index (χ0) is 12.1. The van der Waals surface area contributed by atoms with Gasteiger partial charge in [-0.1, -0.05) is 19.3 Å². The molecule has 0 aromatic heterocycles. The smallest absolute Gasteiger partial charge is 0.225 e. The highest BCUT2D eigenvalue weighted by Crippen LogP contribution is 2.26. The predicted molar refractivity (Wildman–Crippen MR) is 66.6 cm³/mol. The normalized spacial score (nSPS) is 27.1. The van der Waals surface area contributed by atoms with E-state index in [4.69, 9.17) is 10.5 Å². The number of morpholine rings is 1. The van der Waals surface area contributed by atoms with Gasteiger partial charge in [-0.25, -0.2) is 0 Å². The maximum atomic E-state index is 12.3. The molecule has 4 heteroatoms. The van der Waals surface area contributed by atoms with E-state index >= 15 is 0 Å². The zero-order valence-electron chi connectivity index (χ0n) is 10.6. The summed E-state index contributed by atoms with van der Waals surface area (Å²) in [5.74, 6) is 0.635. The average Bonchev–Trinajstić information content (AvgIpc) is 2.40. The lowest BCUT2D eigenvalue weighted by molar-refractivity contribution is -0.144. The number of carbonyl (C=O) groups excluding carboxylic acids is 1. The first-order valence-corrected chi connectivity index (χ1v) is 6.91. The fraction of sp³-hybridized carbons (Fsp3) is 0.923. The van der Waals surface area contributed by atoms with Crippen molar-refractivity contribution >= 4 is 5.91 Å². The van der Waals surface area contributed by atoms with Crippen LogP contribution in [0.15, 0.2) is 0 Å². The molecule has 98 valence electrons. The van der Waals surface area contributed by atoms with Crippen LogP contribution in [-0.2, 0) is 9.53 Å². The highest BCUT2D eigenvalue weighted by atomic mass is 16.5. The second kappa shape index (κ2) is 6.36. The van der Waals surface area contributed by atoms with Crippen molar-refractivity contribution in [2.75, 3.05) is 26.2 Å². The lowest BCUT2D eigenvalue weighted by Gasteiger charge is -2.35. The van der Waals surface area contributed by atoms with Crippen LogP contribution >= 0.6 is 0 Å². The average molecular weight is 240 g/mol. The van der Waals surface area contributed by atoms with E-state index in [0.29, 0.717) is 19.1 Å². The zero-order valence-corrected chi connectivity index (χ0v) is 10.6. The second-order valence-electron chi connectivity index (χ2n) is 5.19. The molecule has 2 N–H and O–H groups in total. The first-order valence-electron chi connectivity index (χ1n) is 6.91. The summed E-state index contributed by atoms with van der Waals surface area (Å²) in [4.78, 5) is 14.3. The van der Waals surface area contributed by atoms with Gasteiger partial charge in [-0.2, -0.15) is 0 Å². The molecule has 0 spiro atoms. The maximum absolute atomic E-state index is 12.3. The van der Waals surface area contributed by atoms with Gasteiger partial charge in [0, 0.05) is 19.0 Å². The summed E-state index contributed by atoms with van der Waals surface area (Å²) in [6, 6.07) is 0. The van der Waals surface area contributed by atoms with E-state index in [9.17, 15) is 4.79 Å². The minimum absolute atomic E-state index is 0.154. The third kappa shape index (κ3) is 3.42. The lowest BCUT2D eigenvalue weighted by Crippen LogP contribution is -2.48. The summed E-state index contributed by atoms with van der Waals surface area (Å²) in [7, 11) is 0. The molecule has 0 aromatic carbocycles. The van der Waals surface area contributed by atoms with Crippen molar-refractivity contribution in [3.8, 4) is 0 Å². The van der Waals surface area contributed by atoms with Crippen LogP contribution in [0, 0.1) is 5.92 Å². The quantitative estimate of drug-likeness (QED) is 0.805. The van der Waals surface area contributed by atoms with E-state index < -0.39 is 0 Å². The Bertz CT molecular complexity index is 250. The van der Waals surface area contributed by atoms with Gasteiger partial charge >= 0.3 is 0 Å². The van der Waals surface area contributed by atoms with Crippen LogP contribution in [0.2, 0.25) is 0 Å². The van der Waals surface area contributed by atoms with E-state index in [0.717, 1.165) is 32.4 Å². The molecule has 0 aromatic rings. The van der Waals surface area contributed by atoms with E-state index in [-0.39, 0.29) is 12.0 Å². The van der Waals surface area contributed by atoms with Crippen LogP contribution in [0.3, 0.4) is 0 Å². The molecule has 17 heavy (non-hydrogen) atoms. The molecule has 1 amide bonds. The Morgan fingerprint density at radius 1 is 1.29 bits per heavy atom. The Kier molecular flexibility index (Phi) is 4.80. The number of hydrogen-bond acceptors (Lipinski definition) is 3. The number of ether oxygens (including phenoxy) is 1. The fourth-order valence-electron chi connectivity index (χ4n) is 2.89. The van der Waals surface area contributed by atoms with Crippen LogP contribution in [0.1, 0.15) is 38.5 Å². The molecule has 2 aliphatic rings. The Labute approximate surface area is 103 Å². The third-order valence-corrected chi connectivity index (χ3v) is 3.89. The number of nitrogens with two attached hydrogens (primary N) is 1.